The molecule has 1 aliphatic rings. The second-order valence-corrected chi connectivity index (χ2v) is 5.98. The second-order valence-electron chi connectivity index (χ2n) is 5.98. The van der Waals surface area contributed by atoms with Crippen LogP contribution in [-0.2, 0) is 0 Å². The van der Waals surface area contributed by atoms with Crippen molar-refractivity contribution in [2.45, 2.75) is 26.3 Å². The molecule has 0 saturated carbocycles. The normalized spacial score (nSPS) is 15.8. The van der Waals surface area contributed by atoms with Crippen LogP contribution in [0.1, 0.15) is 36.7 Å². The number of aromatic nitrogens is 4. The van der Waals surface area contributed by atoms with E-state index in [9.17, 15) is 4.79 Å². The summed E-state index contributed by atoms with van der Waals surface area (Å²) >= 11 is 0. The largest absolute Gasteiger partial charge is 0.339 e. The van der Waals surface area contributed by atoms with Gasteiger partial charge < -0.3 is 9.80 Å². The summed E-state index contributed by atoms with van der Waals surface area (Å²) in [6, 6.07) is 2.06. The molecule has 0 bridgehead atoms. The lowest BCUT2D eigenvalue weighted by Gasteiger charge is -2.21. The summed E-state index contributed by atoms with van der Waals surface area (Å²) in [4.78, 5) is 25.3. The summed E-state index contributed by atoms with van der Waals surface area (Å²) in [6.07, 6.45) is 7.89. The molecule has 23 heavy (non-hydrogen) atoms. The summed E-state index contributed by atoms with van der Waals surface area (Å²) in [7, 11) is 0. The summed E-state index contributed by atoms with van der Waals surface area (Å²) in [6.45, 7) is 7.11. The molecule has 2 aromatic heterocycles. The van der Waals surface area contributed by atoms with Gasteiger partial charge in [0.2, 0.25) is 5.95 Å². The molecule has 0 N–H and O–H groups in total. The molecule has 7 heteroatoms. The van der Waals surface area contributed by atoms with Gasteiger partial charge in [-0.25, -0.2) is 9.97 Å². The maximum atomic E-state index is 12.7. The van der Waals surface area contributed by atoms with E-state index in [2.05, 4.69) is 20.0 Å². The van der Waals surface area contributed by atoms with E-state index in [0.717, 1.165) is 32.0 Å². The zero-order valence-electron chi connectivity index (χ0n) is 13.6. The van der Waals surface area contributed by atoms with E-state index in [1.807, 2.05) is 35.7 Å². The van der Waals surface area contributed by atoms with Gasteiger partial charge in [0.25, 0.3) is 5.91 Å². The van der Waals surface area contributed by atoms with Crippen LogP contribution in [0.4, 0.5) is 5.95 Å². The Morgan fingerprint density at radius 2 is 1.91 bits per heavy atom. The molecule has 7 nitrogen and oxygen atoms in total. The molecule has 1 aliphatic heterocycles. The predicted molar refractivity (Wildman–Crippen MR) is 87.4 cm³/mol. The van der Waals surface area contributed by atoms with Gasteiger partial charge in [0, 0.05) is 50.8 Å². The fourth-order valence-corrected chi connectivity index (χ4v) is 2.69. The van der Waals surface area contributed by atoms with Gasteiger partial charge in [-0.1, -0.05) is 0 Å². The summed E-state index contributed by atoms with van der Waals surface area (Å²) < 4.78 is 1.81. The van der Waals surface area contributed by atoms with Gasteiger partial charge in [-0.05, 0) is 26.3 Å². The van der Waals surface area contributed by atoms with Crippen LogP contribution < -0.4 is 4.90 Å². The minimum absolute atomic E-state index is 0.0488. The van der Waals surface area contributed by atoms with E-state index < -0.39 is 0 Å². The first kappa shape index (κ1) is 15.5. The Balaban J connectivity index is 1.66. The van der Waals surface area contributed by atoms with Gasteiger partial charge in [0.05, 0.1) is 11.8 Å². The van der Waals surface area contributed by atoms with E-state index in [1.165, 1.54) is 0 Å². The predicted octanol–water partition coefficient (Wildman–Crippen LogP) is 1.61. The molecular formula is C16H22N6O. The van der Waals surface area contributed by atoms with Crippen molar-refractivity contribution in [1.29, 1.82) is 0 Å². The maximum absolute atomic E-state index is 12.7. The molecule has 122 valence electrons. The second kappa shape index (κ2) is 6.76. The van der Waals surface area contributed by atoms with Crippen LogP contribution in [0.25, 0.3) is 0 Å². The third-order valence-corrected chi connectivity index (χ3v) is 4.00. The lowest BCUT2D eigenvalue weighted by molar-refractivity contribution is 0.0767. The first-order valence-electron chi connectivity index (χ1n) is 8.00. The highest BCUT2D eigenvalue weighted by atomic mass is 16.2. The van der Waals surface area contributed by atoms with Crippen molar-refractivity contribution in [3.05, 3.63) is 36.4 Å². The molecule has 1 saturated heterocycles. The Morgan fingerprint density at radius 1 is 1.13 bits per heavy atom. The van der Waals surface area contributed by atoms with Crippen molar-refractivity contribution in [1.82, 2.24) is 24.6 Å². The van der Waals surface area contributed by atoms with E-state index in [1.54, 1.807) is 18.6 Å². The molecule has 0 atom stereocenters. The van der Waals surface area contributed by atoms with Gasteiger partial charge >= 0.3 is 0 Å². The first-order valence-corrected chi connectivity index (χ1v) is 8.00. The van der Waals surface area contributed by atoms with Gasteiger partial charge in [0.15, 0.2) is 0 Å². The molecule has 0 unspecified atom stereocenters. The SMILES string of the molecule is CC(C)n1cc(C(=O)N2CCCN(c3ncccn3)CC2)cn1. The zero-order chi connectivity index (χ0) is 16.2. The molecule has 3 heterocycles. The summed E-state index contributed by atoms with van der Waals surface area (Å²) in [5, 5.41) is 4.26. The highest BCUT2D eigenvalue weighted by Crippen LogP contribution is 2.13. The lowest BCUT2D eigenvalue weighted by Crippen LogP contribution is -2.35. The lowest BCUT2D eigenvalue weighted by atomic mass is 10.3. The van der Waals surface area contributed by atoms with Crippen molar-refractivity contribution in [3.8, 4) is 0 Å². The number of carbonyl (C=O) groups excluding carboxylic acids is 1. The monoisotopic (exact) mass is 314 g/mol. The number of carbonyl (C=O) groups is 1. The Kier molecular flexibility index (Phi) is 4.55. The van der Waals surface area contributed by atoms with Crippen molar-refractivity contribution in [3.63, 3.8) is 0 Å². The fraction of sp³-hybridized carbons (Fsp3) is 0.500. The third-order valence-electron chi connectivity index (χ3n) is 4.00. The number of hydrogen-bond donors (Lipinski definition) is 0. The highest BCUT2D eigenvalue weighted by Gasteiger charge is 2.22. The molecule has 2 aromatic rings. The standard InChI is InChI=1S/C16H22N6O/c1-13(2)22-12-14(11-19-22)15(23)20-7-4-8-21(10-9-20)16-17-5-3-6-18-16/h3,5-6,11-13H,4,7-10H2,1-2H3. The van der Waals surface area contributed by atoms with Crippen LogP contribution in [0.5, 0.6) is 0 Å². The molecule has 0 spiro atoms. The quantitative estimate of drug-likeness (QED) is 0.861. The Morgan fingerprint density at radius 3 is 2.61 bits per heavy atom. The van der Waals surface area contributed by atoms with E-state index in [0.29, 0.717) is 12.1 Å². The van der Waals surface area contributed by atoms with E-state index in [-0.39, 0.29) is 11.9 Å². The first-order chi connectivity index (χ1) is 11.1. The molecule has 0 aromatic carbocycles. The molecular weight excluding hydrogens is 292 g/mol. The molecule has 0 aliphatic carbocycles. The molecule has 3 rings (SSSR count). The van der Waals surface area contributed by atoms with Crippen LogP contribution in [0.3, 0.4) is 0 Å². The van der Waals surface area contributed by atoms with Crippen LogP contribution in [-0.4, -0.2) is 56.7 Å². The number of amides is 1. The summed E-state index contributed by atoms with van der Waals surface area (Å²) in [5.74, 6) is 0.780. The fourth-order valence-electron chi connectivity index (χ4n) is 2.69. The minimum Gasteiger partial charge on any atom is -0.339 e. The average Bonchev–Trinajstić information content (AvgIpc) is 2.94. The van der Waals surface area contributed by atoms with Crippen molar-refractivity contribution in [2.75, 3.05) is 31.1 Å². The van der Waals surface area contributed by atoms with Crippen molar-refractivity contribution < 1.29 is 4.79 Å². The third kappa shape index (κ3) is 3.49. The smallest absolute Gasteiger partial charge is 0.257 e. The highest BCUT2D eigenvalue weighted by molar-refractivity contribution is 5.93. The van der Waals surface area contributed by atoms with E-state index in [4.69, 9.17) is 0 Å². The van der Waals surface area contributed by atoms with Crippen LogP contribution >= 0.6 is 0 Å². The Labute approximate surface area is 135 Å². The van der Waals surface area contributed by atoms with Crippen LogP contribution in [0.15, 0.2) is 30.9 Å². The minimum atomic E-state index is 0.0488. The summed E-state index contributed by atoms with van der Waals surface area (Å²) in [5.41, 5.74) is 0.656. The van der Waals surface area contributed by atoms with Crippen molar-refractivity contribution in [2.24, 2.45) is 0 Å². The van der Waals surface area contributed by atoms with Gasteiger partial charge in [-0.3, -0.25) is 9.48 Å². The van der Waals surface area contributed by atoms with Gasteiger partial charge in [-0.15, -0.1) is 0 Å². The van der Waals surface area contributed by atoms with Crippen LogP contribution in [0, 0.1) is 0 Å². The van der Waals surface area contributed by atoms with Crippen LogP contribution in [0.2, 0.25) is 0 Å². The number of rotatable bonds is 3. The Bertz CT molecular complexity index is 654. The topological polar surface area (TPSA) is 67.2 Å². The average molecular weight is 314 g/mol. The van der Waals surface area contributed by atoms with Gasteiger partial charge in [0.1, 0.15) is 0 Å². The van der Waals surface area contributed by atoms with Gasteiger partial charge in [-0.2, -0.15) is 5.10 Å². The maximum Gasteiger partial charge on any atom is 0.257 e. The molecule has 0 radical (unpaired) electrons. The Hall–Kier alpha value is -2.44. The number of anilines is 1. The number of nitrogens with zero attached hydrogens (tertiary/aromatic N) is 6. The zero-order valence-corrected chi connectivity index (χ0v) is 13.6. The number of hydrogen-bond acceptors (Lipinski definition) is 5. The molecule has 1 fully saturated rings. The van der Waals surface area contributed by atoms with E-state index >= 15 is 0 Å². The molecule has 1 amide bonds. The van der Waals surface area contributed by atoms with Crippen molar-refractivity contribution >= 4 is 11.9 Å².